The molecular formula is C10H4Br2ClNO2S. The summed E-state index contributed by atoms with van der Waals surface area (Å²) in [5.74, 6) is -1.05. The highest BCUT2D eigenvalue weighted by Crippen LogP contribution is 2.38. The van der Waals surface area contributed by atoms with Crippen LogP contribution in [0.15, 0.2) is 26.6 Å². The molecule has 0 saturated carbocycles. The third kappa shape index (κ3) is 2.70. The number of hydrogen-bond donors (Lipinski definition) is 1. The molecule has 1 N–H and O–H groups in total. The zero-order chi connectivity index (χ0) is 12.6. The van der Waals surface area contributed by atoms with E-state index in [1.807, 2.05) is 0 Å². The van der Waals surface area contributed by atoms with Crippen molar-refractivity contribution in [3.8, 4) is 10.4 Å². The maximum absolute atomic E-state index is 11.1. The summed E-state index contributed by atoms with van der Waals surface area (Å²) in [4.78, 5) is 15.6. The number of carboxylic acids is 1. The number of hydrogen-bond acceptors (Lipinski definition) is 3. The molecule has 1 aromatic heterocycles. The number of thiazole rings is 1. The number of aromatic carboxylic acids is 1. The summed E-state index contributed by atoms with van der Waals surface area (Å²) < 4.78 is 1.27. The molecule has 88 valence electrons. The van der Waals surface area contributed by atoms with Gasteiger partial charge in [-0.25, -0.2) is 9.78 Å². The minimum absolute atomic E-state index is 0.0323. The lowest BCUT2D eigenvalue weighted by atomic mass is 10.1. The van der Waals surface area contributed by atoms with Crippen molar-refractivity contribution in [1.82, 2.24) is 4.98 Å². The van der Waals surface area contributed by atoms with Crippen molar-refractivity contribution in [2.24, 2.45) is 0 Å². The monoisotopic (exact) mass is 395 g/mol. The number of nitrogens with zero attached hydrogens (tertiary/aromatic N) is 1. The van der Waals surface area contributed by atoms with Gasteiger partial charge in [-0.3, -0.25) is 0 Å². The van der Waals surface area contributed by atoms with Crippen molar-refractivity contribution in [2.45, 2.75) is 0 Å². The molecule has 0 aliphatic heterocycles. The average Bonchev–Trinajstić information content (AvgIpc) is 2.60. The van der Waals surface area contributed by atoms with E-state index in [2.05, 4.69) is 36.8 Å². The standard InChI is InChI=1S/C10H4Br2ClNO2S/c11-6-3-4(13)1-2-5(6)8-7(9(15)16)14-10(12)17-8/h1-3H,(H,15,16). The van der Waals surface area contributed by atoms with Gasteiger partial charge in [-0.15, -0.1) is 11.3 Å². The van der Waals surface area contributed by atoms with E-state index >= 15 is 0 Å². The van der Waals surface area contributed by atoms with Gasteiger partial charge in [0.1, 0.15) is 0 Å². The van der Waals surface area contributed by atoms with Crippen LogP contribution < -0.4 is 0 Å². The second kappa shape index (κ2) is 5.06. The van der Waals surface area contributed by atoms with Gasteiger partial charge in [0.2, 0.25) is 0 Å². The number of halogens is 3. The second-order valence-electron chi connectivity index (χ2n) is 3.07. The predicted molar refractivity (Wildman–Crippen MR) is 74.9 cm³/mol. The van der Waals surface area contributed by atoms with Gasteiger partial charge >= 0.3 is 5.97 Å². The summed E-state index contributed by atoms with van der Waals surface area (Å²) in [6.45, 7) is 0. The van der Waals surface area contributed by atoms with Gasteiger partial charge in [0, 0.05) is 15.1 Å². The van der Waals surface area contributed by atoms with Crippen LogP contribution in [0.3, 0.4) is 0 Å². The fourth-order valence-corrected chi connectivity index (χ4v) is 3.79. The normalized spacial score (nSPS) is 10.5. The van der Waals surface area contributed by atoms with Crippen LogP contribution in [0.4, 0.5) is 0 Å². The van der Waals surface area contributed by atoms with E-state index in [4.69, 9.17) is 16.7 Å². The smallest absolute Gasteiger partial charge is 0.356 e. The Morgan fingerprint density at radius 2 is 2.12 bits per heavy atom. The number of carbonyl (C=O) groups is 1. The van der Waals surface area contributed by atoms with Gasteiger partial charge in [0.05, 0.1) is 4.88 Å². The molecule has 0 aliphatic carbocycles. The minimum atomic E-state index is -1.05. The lowest BCUT2D eigenvalue weighted by Crippen LogP contribution is -1.98. The quantitative estimate of drug-likeness (QED) is 0.800. The molecule has 0 unspecified atom stereocenters. The largest absolute Gasteiger partial charge is 0.476 e. The maximum Gasteiger partial charge on any atom is 0.356 e. The Morgan fingerprint density at radius 3 is 2.71 bits per heavy atom. The summed E-state index contributed by atoms with van der Waals surface area (Å²) in [5.41, 5.74) is 0.792. The number of aromatic nitrogens is 1. The molecule has 3 nitrogen and oxygen atoms in total. The summed E-state index contributed by atoms with van der Waals surface area (Å²) in [6, 6.07) is 5.19. The molecule has 0 bridgehead atoms. The molecule has 0 aliphatic rings. The molecule has 1 aromatic carbocycles. The third-order valence-electron chi connectivity index (χ3n) is 1.98. The van der Waals surface area contributed by atoms with Crippen LogP contribution in [0.1, 0.15) is 10.5 Å². The Bertz CT molecular complexity index is 600. The lowest BCUT2D eigenvalue weighted by molar-refractivity contribution is 0.0692. The first-order valence-electron chi connectivity index (χ1n) is 4.34. The van der Waals surface area contributed by atoms with Crippen LogP contribution in [-0.4, -0.2) is 16.1 Å². The van der Waals surface area contributed by atoms with E-state index in [9.17, 15) is 4.79 Å². The minimum Gasteiger partial charge on any atom is -0.476 e. The van der Waals surface area contributed by atoms with Crippen molar-refractivity contribution in [1.29, 1.82) is 0 Å². The number of carboxylic acid groups (broad SMARTS) is 1. The van der Waals surface area contributed by atoms with E-state index in [0.29, 0.717) is 13.8 Å². The lowest BCUT2D eigenvalue weighted by Gasteiger charge is -2.02. The predicted octanol–water partition coefficient (Wildman–Crippen LogP) is 4.69. The zero-order valence-electron chi connectivity index (χ0n) is 8.08. The molecule has 17 heavy (non-hydrogen) atoms. The third-order valence-corrected chi connectivity index (χ3v) is 4.41. The van der Waals surface area contributed by atoms with Crippen LogP contribution in [-0.2, 0) is 0 Å². The van der Waals surface area contributed by atoms with E-state index in [1.165, 1.54) is 11.3 Å². The van der Waals surface area contributed by atoms with Crippen LogP contribution in [0, 0.1) is 0 Å². The van der Waals surface area contributed by atoms with Crippen molar-refractivity contribution in [2.75, 3.05) is 0 Å². The zero-order valence-corrected chi connectivity index (χ0v) is 12.8. The summed E-state index contributed by atoms with van der Waals surface area (Å²) in [7, 11) is 0. The summed E-state index contributed by atoms with van der Waals surface area (Å²) in [5, 5.41) is 9.65. The molecule has 2 aromatic rings. The fourth-order valence-electron chi connectivity index (χ4n) is 1.30. The highest BCUT2D eigenvalue weighted by atomic mass is 79.9. The molecule has 0 radical (unpaired) electrons. The highest BCUT2D eigenvalue weighted by molar-refractivity contribution is 9.11. The van der Waals surface area contributed by atoms with E-state index in [1.54, 1.807) is 18.2 Å². The van der Waals surface area contributed by atoms with Gasteiger partial charge in [-0.05, 0) is 28.1 Å². The topological polar surface area (TPSA) is 50.2 Å². The molecule has 0 atom stereocenters. The summed E-state index contributed by atoms with van der Waals surface area (Å²) in [6.07, 6.45) is 0. The fraction of sp³-hybridized carbons (Fsp3) is 0. The Hall–Kier alpha value is -0.430. The Kier molecular flexibility index (Phi) is 3.87. The molecule has 2 rings (SSSR count). The van der Waals surface area contributed by atoms with Crippen LogP contribution in [0.25, 0.3) is 10.4 Å². The van der Waals surface area contributed by atoms with Gasteiger partial charge in [0.15, 0.2) is 9.61 Å². The van der Waals surface area contributed by atoms with Gasteiger partial charge in [-0.1, -0.05) is 33.6 Å². The molecule has 0 saturated heterocycles. The second-order valence-corrected chi connectivity index (χ2v) is 6.64. The SMILES string of the molecule is O=C(O)c1nc(Br)sc1-c1ccc(Cl)cc1Br. The Balaban J connectivity index is 2.63. The molecular weight excluding hydrogens is 393 g/mol. The molecule has 0 fully saturated rings. The first-order chi connectivity index (χ1) is 7.99. The van der Waals surface area contributed by atoms with Crippen molar-refractivity contribution < 1.29 is 9.90 Å². The van der Waals surface area contributed by atoms with Crippen molar-refractivity contribution in [3.05, 3.63) is 37.3 Å². The molecule has 7 heteroatoms. The first-order valence-corrected chi connectivity index (χ1v) is 7.12. The van der Waals surface area contributed by atoms with Crippen LogP contribution >= 0.6 is 54.8 Å². The van der Waals surface area contributed by atoms with E-state index in [-0.39, 0.29) is 5.69 Å². The molecule has 1 heterocycles. The van der Waals surface area contributed by atoms with Crippen LogP contribution in [0.2, 0.25) is 5.02 Å². The molecule has 0 amide bonds. The van der Waals surface area contributed by atoms with Crippen LogP contribution in [0.5, 0.6) is 0 Å². The van der Waals surface area contributed by atoms with Gasteiger partial charge in [-0.2, -0.15) is 0 Å². The molecule has 0 spiro atoms. The Morgan fingerprint density at radius 1 is 1.41 bits per heavy atom. The first kappa shape index (κ1) is 13.0. The Labute approximate surface area is 123 Å². The van der Waals surface area contributed by atoms with E-state index in [0.717, 1.165) is 10.0 Å². The summed E-state index contributed by atoms with van der Waals surface area (Å²) >= 11 is 13.7. The number of benzene rings is 1. The van der Waals surface area contributed by atoms with Gasteiger partial charge in [0.25, 0.3) is 0 Å². The van der Waals surface area contributed by atoms with Crippen molar-refractivity contribution >= 4 is 60.8 Å². The number of rotatable bonds is 2. The van der Waals surface area contributed by atoms with Crippen molar-refractivity contribution in [3.63, 3.8) is 0 Å². The highest BCUT2D eigenvalue weighted by Gasteiger charge is 2.19. The van der Waals surface area contributed by atoms with Gasteiger partial charge < -0.3 is 5.11 Å². The van der Waals surface area contributed by atoms with E-state index < -0.39 is 5.97 Å². The maximum atomic E-state index is 11.1. The average molecular weight is 397 g/mol.